The number of aryl methyl sites for hydroxylation is 3. The smallest absolute Gasteiger partial charge is 0.335 e. The number of carbonyl (C=O) groups excluding carboxylic acids is 1. The molecule has 1 amide bonds. The summed E-state index contributed by atoms with van der Waals surface area (Å²) in [6.45, 7) is 3.72. The lowest BCUT2D eigenvalue weighted by Gasteiger charge is -2.09. The van der Waals surface area contributed by atoms with Gasteiger partial charge < -0.3 is 10.4 Å². The molecule has 0 fully saturated rings. The minimum absolute atomic E-state index is 0.194. The average molecular weight is 287 g/mol. The number of hydrogen-bond acceptors (Lipinski definition) is 3. The van der Waals surface area contributed by atoms with Crippen LogP contribution in [0.2, 0.25) is 0 Å². The maximum Gasteiger partial charge on any atom is 0.335 e. The maximum absolute atomic E-state index is 12.2. The highest BCUT2D eigenvalue weighted by molar-refractivity contribution is 6.03. The lowest BCUT2D eigenvalue weighted by molar-refractivity contribution is 0.0696. The fourth-order valence-electron chi connectivity index (χ4n) is 2.04. The monoisotopic (exact) mass is 287 g/mol. The van der Waals surface area contributed by atoms with Gasteiger partial charge in [-0.15, -0.1) is 0 Å². The average Bonchev–Trinajstić information content (AvgIpc) is 2.82. The summed E-state index contributed by atoms with van der Waals surface area (Å²) in [5.41, 5.74) is 2.79. The third kappa shape index (κ3) is 3.10. The Balaban J connectivity index is 2.23. The number of carboxylic acid groups (broad SMARTS) is 1. The molecule has 0 bridgehead atoms. The highest BCUT2D eigenvalue weighted by Crippen LogP contribution is 2.18. The second-order valence-electron chi connectivity index (χ2n) is 4.79. The molecule has 0 aliphatic rings. The van der Waals surface area contributed by atoms with E-state index in [1.807, 2.05) is 6.92 Å². The summed E-state index contributed by atoms with van der Waals surface area (Å²) in [5.74, 6) is -1.26. The second kappa shape index (κ2) is 5.78. The van der Waals surface area contributed by atoms with Crippen LogP contribution in [0.1, 0.15) is 39.0 Å². The number of nitrogens with zero attached hydrogens (tertiary/aromatic N) is 2. The van der Waals surface area contributed by atoms with Crippen molar-refractivity contribution in [3.63, 3.8) is 0 Å². The van der Waals surface area contributed by atoms with Crippen LogP contribution in [0.4, 0.5) is 5.69 Å². The highest BCUT2D eigenvalue weighted by Gasteiger charge is 2.14. The van der Waals surface area contributed by atoms with Crippen molar-refractivity contribution < 1.29 is 14.7 Å². The van der Waals surface area contributed by atoms with Crippen LogP contribution in [0.15, 0.2) is 24.3 Å². The SMILES string of the molecule is CCc1cc(C(=O)Nc2ccc(C(=O)O)cc2C)n(C)n1. The Morgan fingerprint density at radius 3 is 2.57 bits per heavy atom. The summed E-state index contributed by atoms with van der Waals surface area (Å²) in [5, 5.41) is 15.9. The van der Waals surface area contributed by atoms with Gasteiger partial charge in [0.1, 0.15) is 5.69 Å². The molecule has 2 rings (SSSR count). The first-order chi connectivity index (χ1) is 9.92. The molecule has 2 N–H and O–H groups in total. The number of rotatable bonds is 4. The van der Waals surface area contributed by atoms with Crippen LogP contribution < -0.4 is 5.32 Å². The molecule has 0 saturated carbocycles. The molecule has 0 radical (unpaired) electrons. The number of aromatic nitrogens is 2. The van der Waals surface area contributed by atoms with Crippen molar-refractivity contribution in [2.75, 3.05) is 5.32 Å². The third-order valence-electron chi connectivity index (χ3n) is 3.25. The summed E-state index contributed by atoms with van der Waals surface area (Å²) in [4.78, 5) is 23.1. The molecule has 1 aromatic carbocycles. The van der Waals surface area contributed by atoms with Gasteiger partial charge in [0.25, 0.3) is 5.91 Å². The minimum Gasteiger partial charge on any atom is -0.478 e. The standard InChI is InChI=1S/C15H17N3O3/c1-4-11-8-13(18(3)17-11)14(19)16-12-6-5-10(15(20)21)7-9(12)2/h5-8H,4H2,1-3H3,(H,16,19)(H,20,21). The van der Waals surface area contributed by atoms with E-state index in [1.54, 1.807) is 26.1 Å². The Morgan fingerprint density at radius 2 is 2.05 bits per heavy atom. The van der Waals surface area contributed by atoms with Gasteiger partial charge in [0.05, 0.1) is 11.3 Å². The lowest BCUT2D eigenvalue weighted by atomic mass is 10.1. The quantitative estimate of drug-likeness (QED) is 0.903. The van der Waals surface area contributed by atoms with E-state index in [2.05, 4.69) is 10.4 Å². The van der Waals surface area contributed by atoms with Crippen molar-refractivity contribution in [2.24, 2.45) is 7.05 Å². The van der Waals surface area contributed by atoms with Gasteiger partial charge in [-0.05, 0) is 43.2 Å². The second-order valence-corrected chi connectivity index (χ2v) is 4.79. The predicted molar refractivity (Wildman–Crippen MR) is 78.7 cm³/mol. The molecular formula is C15H17N3O3. The lowest BCUT2D eigenvalue weighted by Crippen LogP contribution is -2.16. The molecule has 21 heavy (non-hydrogen) atoms. The minimum atomic E-state index is -0.991. The van der Waals surface area contributed by atoms with Crippen LogP contribution in [0.25, 0.3) is 0 Å². The molecule has 0 spiro atoms. The van der Waals surface area contributed by atoms with Gasteiger partial charge >= 0.3 is 5.97 Å². The Kier molecular flexibility index (Phi) is 4.07. The number of benzene rings is 1. The molecule has 1 heterocycles. The van der Waals surface area contributed by atoms with Crippen LogP contribution in [-0.4, -0.2) is 26.8 Å². The topological polar surface area (TPSA) is 84.2 Å². The van der Waals surface area contributed by atoms with Crippen LogP contribution in [0.5, 0.6) is 0 Å². The molecule has 2 aromatic rings. The van der Waals surface area contributed by atoms with Crippen molar-refractivity contribution in [1.82, 2.24) is 9.78 Å². The van der Waals surface area contributed by atoms with Crippen LogP contribution in [0.3, 0.4) is 0 Å². The van der Waals surface area contributed by atoms with E-state index < -0.39 is 5.97 Å². The van der Waals surface area contributed by atoms with Gasteiger partial charge in [-0.2, -0.15) is 5.10 Å². The molecule has 110 valence electrons. The normalized spacial score (nSPS) is 10.4. The summed E-state index contributed by atoms with van der Waals surface area (Å²) in [6.07, 6.45) is 0.757. The van der Waals surface area contributed by atoms with Gasteiger partial charge in [-0.3, -0.25) is 9.48 Å². The summed E-state index contributed by atoms with van der Waals surface area (Å²) < 4.78 is 1.54. The number of aromatic carboxylic acids is 1. The van der Waals surface area contributed by atoms with E-state index in [1.165, 1.54) is 16.8 Å². The summed E-state index contributed by atoms with van der Waals surface area (Å²) >= 11 is 0. The fraction of sp³-hybridized carbons (Fsp3) is 0.267. The van der Waals surface area contributed by atoms with Gasteiger partial charge in [-0.1, -0.05) is 6.92 Å². The molecule has 0 aliphatic heterocycles. The molecule has 0 atom stereocenters. The van der Waals surface area contributed by atoms with E-state index in [-0.39, 0.29) is 11.5 Å². The van der Waals surface area contributed by atoms with Crippen molar-refractivity contribution in [2.45, 2.75) is 20.3 Å². The van der Waals surface area contributed by atoms with Gasteiger partial charge in [0.15, 0.2) is 0 Å². The third-order valence-corrected chi connectivity index (χ3v) is 3.25. The van der Waals surface area contributed by atoms with Crippen molar-refractivity contribution >= 4 is 17.6 Å². The van der Waals surface area contributed by atoms with Crippen LogP contribution in [-0.2, 0) is 13.5 Å². The Hall–Kier alpha value is -2.63. The van der Waals surface area contributed by atoms with E-state index in [0.29, 0.717) is 16.9 Å². The summed E-state index contributed by atoms with van der Waals surface area (Å²) in [6, 6.07) is 6.33. The van der Waals surface area contributed by atoms with Crippen molar-refractivity contribution in [3.05, 3.63) is 46.8 Å². The Bertz CT molecular complexity index is 704. The molecule has 0 aliphatic carbocycles. The van der Waals surface area contributed by atoms with E-state index in [0.717, 1.165) is 12.1 Å². The van der Waals surface area contributed by atoms with E-state index in [4.69, 9.17) is 5.11 Å². The first-order valence-corrected chi connectivity index (χ1v) is 6.60. The number of nitrogens with one attached hydrogen (secondary N) is 1. The van der Waals surface area contributed by atoms with Crippen LogP contribution >= 0.6 is 0 Å². The van der Waals surface area contributed by atoms with Gasteiger partial charge in [-0.25, -0.2) is 4.79 Å². The predicted octanol–water partition coefficient (Wildman–Crippen LogP) is 2.24. The Labute approximate surface area is 122 Å². The zero-order chi connectivity index (χ0) is 15.6. The number of hydrogen-bond donors (Lipinski definition) is 2. The van der Waals surface area contributed by atoms with Crippen LogP contribution in [0, 0.1) is 6.92 Å². The van der Waals surface area contributed by atoms with Crippen molar-refractivity contribution in [1.29, 1.82) is 0 Å². The molecular weight excluding hydrogens is 270 g/mol. The van der Waals surface area contributed by atoms with E-state index in [9.17, 15) is 9.59 Å². The maximum atomic E-state index is 12.2. The number of anilines is 1. The number of amides is 1. The van der Waals surface area contributed by atoms with Gasteiger partial charge in [0, 0.05) is 12.7 Å². The first kappa shape index (κ1) is 14.8. The fourth-order valence-corrected chi connectivity index (χ4v) is 2.04. The van der Waals surface area contributed by atoms with Crippen molar-refractivity contribution in [3.8, 4) is 0 Å². The zero-order valence-corrected chi connectivity index (χ0v) is 12.2. The number of carbonyl (C=O) groups is 2. The molecule has 1 aromatic heterocycles. The molecule has 0 saturated heterocycles. The molecule has 6 nitrogen and oxygen atoms in total. The molecule has 6 heteroatoms. The zero-order valence-electron chi connectivity index (χ0n) is 12.2. The largest absolute Gasteiger partial charge is 0.478 e. The number of carboxylic acids is 1. The molecule has 0 unspecified atom stereocenters. The van der Waals surface area contributed by atoms with E-state index >= 15 is 0 Å². The first-order valence-electron chi connectivity index (χ1n) is 6.60. The summed E-state index contributed by atoms with van der Waals surface area (Å²) in [7, 11) is 1.72. The Morgan fingerprint density at radius 1 is 1.33 bits per heavy atom. The highest BCUT2D eigenvalue weighted by atomic mass is 16.4. The van der Waals surface area contributed by atoms with Gasteiger partial charge in [0.2, 0.25) is 0 Å².